The third kappa shape index (κ3) is 4.21. The Labute approximate surface area is 202 Å². The zero-order valence-electron chi connectivity index (χ0n) is 19.5. The van der Waals surface area contributed by atoms with Gasteiger partial charge in [0.25, 0.3) is 0 Å². The van der Waals surface area contributed by atoms with Gasteiger partial charge in [-0.25, -0.2) is 14.3 Å². The number of nitrogens with two attached hydrogens (primary N) is 1. The molecule has 0 aliphatic rings. The SMILES string of the molecule is CCCCCCc1oc(=O)c2c(nn3c(-c4ccccc4)ccnc23)c1-c1cccc(C(N)=O)c1. The lowest BCUT2D eigenvalue weighted by Gasteiger charge is -2.10. The van der Waals surface area contributed by atoms with Crippen LogP contribution < -0.4 is 11.4 Å². The number of carbonyl (C=O) groups is 1. The van der Waals surface area contributed by atoms with Crippen LogP contribution in [0.2, 0.25) is 0 Å². The van der Waals surface area contributed by atoms with E-state index < -0.39 is 11.5 Å². The summed E-state index contributed by atoms with van der Waals surface area (Å²) < 4.78 is 7.60. The fourth-order valence-corrected chi connectivity index (χ4v) is 4.50. The van der Waals surface area contributed by atoms with Gasteiger partial charge in [-0.2, -0.15) is 5.10 Å². The zero-order chi connectivity index (χ0) is 24.4. The van der Waals surface area contributed by atoms with Crippen molar-refractivity contribution in [2.75, 3.05) is 0 Å². The van der Waals surface area contributed by atoms with E-state index in [-0.39, 0.29) is 0 Å². The summed E-state index contributed by atoms with van der Waals surface area (Å²) in [6.07, 6.45) is 6.39. The van der Waals surface area contributed by atoms with E-state index in [1.807, 2.05) is 42.5 Å². The van der Waals surface area contributed by atoms with Crippen molar-refractivity contribution in [1.29, 1.82) is 0 Å². The molecule has 0 radical (unpaired) electrons. The van der Waals surface area contributed by atoms with Gasteiger partial charge in [-0.05, 0) is 30.2 Å². The number of hydrogen-bond donors (Lipinski definition) is 1. The predicted octanol–water partition coefficient (Wildman–Crippen LogP) is 5.39. The van der Waals surface area contributed by atoms with E-state index in [0.29, 0.717) is 39.9 Å². The molecular formula is C28H26N4O3. The van der Waals surface area contributed by atoms with Crippen LogP contribution in [0.4, 0.5) is 0 Å². The highest BCUT2D eigenvalue weighted by molar-refractivity contribution is 6.02. The van der Waals surface area contributed by atoms with Gasteiger partial charge >= 0.3 is 5.63 Å². The van der Waals surface area contributed by atoms with Crippen LogP contribution in [0.25, 0.3) is 38.9 Å². The second-order valence-electron chi connectivity index (χ2n) is 8.60. The maximum absolute atomic E-state index is 13.2. The highest BCUT2D eigenvalue weighted by atomic mass is 16.4. The summed E-state index contributed by atoms with van der Waals surface area (Å²) in [6, 6.07) is 18.7. The molecule has 0 aliphatic heterocycles. The molecule has 0 saturated carbocycles. The van der Waals surface area contributed by atoms with E-state index in [9.17, 15) is 9.59 Å². The second-order valence-corrected chi connectivity index (χ2v) is 8.60. The minimum atomic E-state index is -0.520. The molecule has 7 heteroatoms. The normalized spacial score (nSPS) is 11.3. The number of nitrogens with zero attached hydrogens (tertiary/aromatic N) is 3. The summed E-state index contributed by atoms with van der Waals surface area (Å²) in [7, 11) is 0. The first-order valence-electron chi connectivity index (χ1n) is 11.9. The van der Waals surface area contributed by atoms with Crippen molar-refractivity contribution in [3.05, 3.63) is 88.6 Å². The van der Waals surface area contributed by atoms with Crippen LogP contribution in [0, 0.1) is 0 Å². The van der Waals surface area contributed by atoms with Gasteiger partial charge in [0.05, 0.1) is 5.69 Å². The lowest BCUT2D eigenvalue weighted by Crippen LogP contribution is -2.11. The van der Waals surface area contributed by atoms with Gasteiger partial charge in [0.15, 0.2) is 5.65 Å². The first-order valence-corrected chi connectivity index (χ1v) is 11.9. The maximum atomic E-state index is 13.2. The van der Waals surface area contributed by atoms with E-state index in [1.54, 1.807) is 28.9 Å². The zero-order valence-corrected chi connectivity index (χ0v) is 19.5. The van der Waals surface area contributed by atoms with Crippen LogP contribution in [-0.2, 0) is 6.42 Å². The largest absolute Gasteiger partial charge is 0.427 e. The molecule has 0 aliphatic carbocycles. The number of primary amides is 1. The summed E-state index contributed by atoms with van der Waals surface area (Å²) in [4.78, 5) is 29.6. The van der Waals surface area contributed by atoms with Crippen LogP contribution in [0.3, 0.4) is 0 Å². The molecule has 5 rings (SSSR count). The monoisotopic (exact) mass is 466 g/mol. The molecule has 176 valence electrons. The first kappa shape index (κ1) is 22.5. The van der Waals surface area contributed by atoms with Crippen LogP contribution in [0.1, 0.15) is 48.7 Å². The van der Waals surface area contributed by atoms with Crippen LogP contribution >= 0.6 is 0 Å². The number of unbranched alkanes of at least 4 members (excludes halogenated alkanes) is 3. The average Bonchev–Trinajstić information content (AvgIpc) is 3.27. The molecule has 5 aromatic rings. The van der Waals surface area contributed by atoms with E-state index in [0.717, 1.165) is 42.5 Å². The molecule has 0 spiro atoms. The number of fused-ring (bicyclic) bond motifs is 3. The Balaban J connectivity index is 1.80. The average molecular weight is 467 g/mol. The Hall–Kier alpha value is -4.26. The molecule has 0 atom stereocenters. The van der Waals surface area contributed by atoms with Gasteiger partial charge in [-0.15, -0.1) is 0 Å². The van der Waals surface area contributed by atoms with Gasteiger partial charge in [0.2, 0.25) is 5.91 Å². The number of aromatic nitrogens is 3. The Morgan fingerprint density at radius 2 is 1.80 bits per heavy atom. The third-order valence-electron chi connectivity index (χ3n) is 6.22. The van der Waals surface area contributed by atoms with E-state index in [2.05, 4.69) is 11.9 Å². The number of rotatable bonds is 8. The molecule has 0 saturated heterocycles. The van der Waals surface area contributed by atoms with Gasteiger partial charge in [0.1, 0.15) is 16.7 Å². The molecule has 35 heavy (non-hydrogen) atoms. The molecular weight excluding hydrogens is 440 g/mol. The van der Waals surface area contributed by atoms with E-state index in [1.165, 1.54) is 0 Å². The van der Waals surface area contributed by atoms with Crippen molar-refractivity contribution < 1.29 is 9.21 Å². The Morgan fingerprint density at radius 3 is 2.57 bits per heavy atom. The van der Waals surface area contributed by atoms with Crippen molar-refractivity contribution >= 4 is 22.5 Å². The number of hydrogen-bond acceptors (Lipinski definition) is 5. The van der Waals surface area contributed by atoms with E-state index in [4.69, 9.17) is 15.2 Å². The minimum Gasteiger partial charge on any atom is -0.427 e. The van der Waals surface area contributed by atoms with Crippen molar-refractivity contribution in [3.8, 4) is 22.4 Å². The fraction of sp³-hybridized carbons (Fsp3) is 0.214. The number of benzene rings is 2. The van der Waals surface area contributed by atoms with Gasteiger partial charge < -0.3 is 10.2 Å². The van der Waals surface area contributed by atoms with E-state index >= 15 is 0 Å². The summed E-state index contributed by atoms with van der Waals surface area (Å²) in [5.41, 5.74) is 9.59. The number of amides is 1. The summed E-state index contributed by atoms with van der Waals surface area (Å²) in [6.45, 7) is 2.15. The molecule has 0 fully saturated rings. The summed E-state index contributed by atoms with van der Waals surface area (Å²) >= 11 is 0. The lowest BCUT2D eigenvalue weighted by molar-refractivity contribution is 0.100. The number of aryl methyl sites for hydroxylation is 1. The highest BCUT2D eigenvalue weighted by Crippen LogP contribution is 2.34. The van der Waals surface area contributed by atoms with Crippen LogP contribution in [0.15, 0.2) is 76.1 Å². The summed E-state index contributed by atoms with van der Waals surface area (Å²) in [5.74, 6) is 0.0397. The van der Waals surface area contributed by atoms with Crippen molar-refractivity contribution in [2.45, 2.75) is 39.0 Å². The molecule has 2 aromatic carbocycles. The molecule has 3 aromatic heterocycles. The molecule has 0 unspecified atom stereocenters. The first-order chi connectivity index (χ1) is 17.1. The van der Waals surface area contributed by atoms with Crippen LogP contribution in [-0.4, -0.2) is 20.5 Å². The topological polar surface area (TPSA) is 103 Å². The standard InChI is InChI=1S/C28H26N4O3/c1-2-3-4-8-14-22-23(19-12-9-13-20(17-19)26(29)33)25-24(28(34)35-22)27-30-16-15-21(32(27)31-25)18-10-6-5-7-11-18/h5-7,9-13,15-17H,2-4,8,14H2,1H3,(H2,29,33). The van der Waals surface area contributed by atoms with Crippen LogP contribution in [0.5, 0.6) is 0 Å². The fourth-order valence-electron chi connectivity index (χ4n) is 4.50. The molecule has 1 amide bonds. The Bertz CT molecular complexity index is 1590. The third-order valence-corrected chi connectivity index (χ3v) is 6.22. The molecule has 3 heterocycles. The highest BCUT2D eigenvalue weighted by Gasteiger charge is 2.23. The quantitative estimate of drug-likeness (QED) is 0.309. The lowest BCUT2D eigenvalue weighted by atomic mass is 9.97. The smallest absolute Gasteiger partial charge is 0.349 e. The Morgan fingerprint density at radius 1 is 1.00 bits per heavy atom. The van der Waals surface area contributed by atoms with Gasteiger partial charge in [-0.1, -0.05) is 68.7 Å². The van der Waals surface area contributed by atoms with Crippen molar-refractivity contribution in [1.82, 2.24) is 14.6 Å². The van der Waals surface area contributed by atoms with Crippen molar-refractivity contribution in [3.63, 3.8) is 0 Å². The molecule has 7 nitrogen and oxygen atoms in total. The second kappa shape index (κ2) is 9.54. The maximum Gasteiger partial charge on any atom is 0.349 e. The minimum absolute atomic E-state index is 0.319. The molecule has 0 bridgehead atoms. The Kier molecular flexibility index (Phi) is 6.14. The van der Waals surface area contributed by atoms with Gasteiger partial charge in [-0.3, -0.25) is 4.79 Å². The number of carbonyl (C=O) groups excluding carboxylic acids is 1. The predicted molar refractivity (Wildman–Crippen MR) is 136 cm³/mol. The van der Waals surface area contributed by atoms with Crippen molar-refractivity contribution in [2.24, 2.45) is 5.73 Å². The summed E-state index contributed by atoms with van der Waals surface area (Å²) in [5, 5.41) is 5.21. The van der Waals surface area contributed by atoms with Gasteiger partial charge in [0, 0.05) is 29.3 Å². The molecule has 2 N–H and O–H groups in total.